The first-order valence-corrected chi connectivity index (χ1v) is 7.50. The smallest absolute Gasteiger partial charge is 0.103 e. The third-order valence-electron chi connectivity index (χ3n) is 3.32. The highest BCUT2D eigenvalue weighted by Gasteiger charge is 2.21. The van der Waals surface area contributed by atoms with Gasteiger partial charge in [-0.05, 0) is 38.9 Å². The number of rotatable bonds is 7. The maximum absolute atomic E-state index is 6.33. The van der Waals surface area contributed by atoms with E-state index >= 15 is 0 Å². The van der Waals surface area contributed by atoms with Gasteiger partial charge in [-0.2, -0.15) is 5.10 Å². The zero-order chi connectivity index (χ0) is 14.5. The van der Waals surface area contributed by atoms with Crippen LogP contribution in [0.3, 0.4) is 0 Å². The lowest BCUT2D eigenvalue weighted by Crippen LogP contribution is -2.25. The van der Waals surface area contributed by atoms with Crippen LogP contribution < -0.4 is 5.32 Å². The largest absolute Gasteiger partial charge is 0.469 e. The summed E-state index contributed by atoms with van der Waals surface area (Å²) in [5.41, 5.74) is 1.06. The Labute approximate surface area is 125 Å². The normalized spacial score (nSPS) is 13.1. The van der Waals surface area contributed by atoms with Crippen molar-refractivity contribution in [1.29, 1.82) is 0 Å². The van der Waals surface area contributed by atoms with Crippen LogP contribution in [0, 0.1) is 0 Å². The first kappa shape index (κ1) is 15.1. The topological polar surface area (TPSA) is 43.0 Å². The second kappa shape index (κ2) is 6.95. The number of hydrogen-bond acceptors (Lipinski definition) is 3. The van der Waals surface area contributed by atoms with Crippen molar-refractivity contribution in [2.24, 2.45) is 0 Å². The number of hydrogen-bond donors (Lipinski definition) is 1. The zero-order valence-electron chi connectivity index (χ0n) is 12.3. The van der Waals surface area contributed by atoms with Gasteiger partial charge in [-0.1, -0.05) is 18.5 Å². The minimum atomic E-state index is 0.183. The standard InChI is InChI=1S/C15H22ClN3O/c1-4-17-14(8-7-12-6-5-9-20-12)15-13(16)10-18-19(15)11(2)3/h5-6,9-11,14,17H,4,7-8H2,1-3H3. The fraction of sp³-hybridized carbons (Fsp3) is 0.533. The van der Waals surface area contributed by atoms with Gasteiger partial charge in [-0.15, -0.1) is 0 Å². The summed E-state index contributed by atoms with van der Waals surface area (Å²) in [6, 6.07) is 4.40. The van der Waals surface area contributed by atoms with Crippen molar-refractivity contribution in [3.05, 3.63) is 41.1 Å². The SMILES string of the molecule is CCNC(CCc1ccco1)c1c(Cl)cnn1C(C)C. The molecule has 20 heavy (non-hydrogen) atoms. The maximum atomic E-state index is 6.33. The molecule has 2 rings (SSSR count). The van der Waals surface area contributed by atoms with Crippen LogP contribution in [0.1, 0.15) is 50.7 Å². The summed E-state index contributed by atoms with van der Waals surface area (Å²) in [4.78, 5) is 0. The minimum absolute atomic E-state index is 0.183. The molecule has 2 heterocycles. The van der Waals surface area contributed by atoms with Gasteiger partial charge in [-0.25, -0.2) is 0 Å². The van der Waals surface area contributed by atoms with E-state index in [0.717, 1.165) is 35.9 Å². The van der Waals surface area contributed by atoms with Crippen molar-refractivity contribution in [1.82, 2.24) is 15.1 Å². The van der Waals surface area contributed by atoms with Gasteiger partial charge in [0.15, 0.2) is 0 Å². The van der Waals surface area contributed by atoms with Crippen molar-refractivity contribution in [2.45, 2.75) is 45.7 Å². The summed E-state index contributed by atoms with van der Waals surface area (Å²) >= 11 is 6.33. The Bertz CT molecular complexity index is 519. The molecule has 0 aliphatic carbocycles. The molecule has 0 radical (unpaired) electrons. The lowest BCUT2D eigenvalue weighted by atomic mass is 10.1. The fourth-order valence-electron chi connectivity index (χ4n) is 2.41. The highest BCUT2D eigenvalue weighted by atomic mass is 35.5. The molecule has 0 aromatic carbocycles. The van der Waals surface area contributed by atoms with E-state index in [1.807, 2.05) is 16.8 Å². The Hall–Kier alpha value is -1.26. The second-order valence-electron chi connectivity index (χ2n) is 5.14. The number of aryl methyl sites for hydroxylation is 1. The fourth-order valence-corrected chi connectivity index (χ4v) is 2.67. The lowest BCUT2D eigenvalue weighted by Gasteiger charge is -2.21. The van der Waals surface area contributed by atoms with Crippen LogP contribution in [-0.4, -0.2) is 16.3 Å². The van der Waals surface area contributed by atoms with E-state index in [0.29, 0.717) is 6.04 Å². The molecule has 1 unspecified atom stereocenters. The van der Waals surface area contributed by atoms with E-state index < -0.39 is 0 Å². The summed E-state index contributed by atoms with van der Waals surface area (Å²) in [7, 11) is 0. The molecule has 110 valence electrons. The first-order valence-electron chi connectivity index (χ1n) is 7.12. The predicted octanol–water partition coefficient (Wildman–Crippen LogP) is 3.99. The Morgan fingerprint density at radius 1 is 1.45 bits per heavy atom. The maximum Gasteiger partial charge on any atom is 0.103 e. The molecule has 0 amide bonds. The van der Waals surface area contributed by atoms with E-state index in [1.54, 1.807) is 12.5 Å². The number of aromatic nitrogens is 2. The van der Waals surface area contributed by atoms with Crippen molar-refractivity contribution in [2.75, 3.05) is 6.54 Å². The average Bonchev–Trinajstić information content (AvgIpc) is 3.04. The summed E-state index contributed by atoms with van der Waals surface area (Å²) in [5, 5.41) is 8.61. The van der Waals surface area contributed by atoms with Crippen LogP contribution in [0.2, 0.25) is 5.02 Å². The molecule has 0 saturated heterocycles. The number of halogens is 1. The molecule has 4 nitrogen and oxygen atoms in total. The van der Waals surface area contributed by atoms with E-state index in [2.05, 4.69) is 31.2 Å². The van der Waals surface area contributed by atoms with E-state index in [-0.39, 0.29) is 6.04 Å². The quantitative estimate of drug-likeness (QED) is 0.840. The second-order valence-corrected chi connectivity index (χ2v) is 5.55. The van der Waals surface area contributed by atoms with Gasteiger partial charge in [0.25, 0.3) is 0 Å². The van der Waals surface area contributed by atoms with E-state index in [1.165, 1.54) is 0 Å². The molecule has 0 bridgehead atoms. The predicted molar refractivity (Wildman–Crippen MR) is 81.1 cm³/mol. The van der Waals surface area contributed by atoms with Crippen LogP contribution in [-0.2, 0) is 6.42 Å². The van der Waals surface area contributed by atoms with E-state index in [9.17, 15) is 0 Å². The molecule has 0 saturated carbocycles. The molecule has 0 aliphatic heterocycles. The molecule has 2 aromatic rings. The molecule has 5 heteroatoms. The molecule has 0 fully saturated rings. The third kappa shape index (κ3) is 3.44. The minimum Gasteiger partial charge on any atom is -0.469 e. The highest BCUT2D eigenvalue weighted by molar-refractivity contribution is 6.31. The molecular formula is C15H22ClN3O. The molecule has 1 N–H and O–H groups in total. The molecule has 0 aliphatic rings. The Kier molecular flexibility index (Phi) is 5.26. The van der Waals surface area contributed by atoms with Crippen molar-refractivity contribution < 1.29 is 4.42 Å². The van der Waals surface area contributed by atoms with Gasteiger partial charge in [0.1, 0.15) is 5.76 Å². The third-order valence-corrected chi connectivity index (χ3v) is 3.61. The molecule has 2 aromatic heterocycles. The summed E-state index contributed by atoms with van der Waals surface area (Å²) in [6.07, 6.45) is 5.25. The van der Waals surface area contributed by atoms with Crippen LogP contribution in [0.25, 0.3) is 0 Å². The summed E-state index contributed by atoms with van der Waals surface area (Å²) < 4.78 is 7.40. The van der Waals surface area contributed by atoms with Crippen LogP contribution >= 0.6 is 11.6 Å². The van der Waals surface area contributed by atoms with Crippen LogP contribution in [0.5, 0.6) is 0 Å². The van der Waals surface area contributed by atoms with Gasteiger partial charge < -0.3 is 9.73 Å². The molecule has 0 spiro atoms. The summed E-state index contributed by atoms with van der Waals surface area (Å²) in [5.74, 6) is 1.000. The van der Waals surface area contributed by atoms with E-state index in [4.69, 9.17) is 16.0 Å². The monoisotopic (exact) mass is 295 g/mol. The van der Waals surface area contributed by atoms with Gasteiger partial charge >= 0.3 is 0 Å². The van der Waals surface area contributed by atoms with Crippen LogP contribution in [0.15, 0.2) is 29.0 Å². The number of furan rings is 1. The van der Waals surface area contributed by atoms with Gasteiger partial charge in [-0.3, -0.25) is 4.68 Å². The zero-order valence-corrected chi connectivity index (χ0v) is 13.0. The lowest BCUT2D eigenvalue weighted by molar-refractivity contribution is 0.417. The first-order chi connectivity index (χ1) is 9.63. The van der Waals surface area contributed by atoms with Crippen LogP contribution in [0.4, 0.5) is 0 Å². The van der Waals surface area contributed by atoms with Gasteiger partial charge in [0.05, 0.1) is 29.2 Å². The Morgan fingerprint density at radius 2 is 2.25 bits per heavy atom. The van der Waals surface area contributed by atoms with Crippen molar-refractivity contribution >= 4 is 11.6 Å². The number of nitrogens with zero attached hydrogens (tertiary/aromatic N) is 2. The van der Waals surface area contributed by atoms with Crippen molar-refractivity contribution in [3.63, 3.8) is 0 Å². The highest BCUT2D eigenvalue weighted by Crippen LogP contribution is 2.28. The Balaban J connectivity index is 2.17. The summed E-state index contributed by atoms with van der Waals surface area (Å²) in [6.45, 7) is 7.22. The molecule has 1 atom stereocenters. The van der Waals surface area contributed by atoms with Gasteiger partial charge in [0, 0.05) is 12.5 Å². The Morgan fingerprint density at radius 3 is 2.85 bits per heavy atom. The van der Waals surface area contributed by atoms with Crippen molar-refractivity contribution in [3.8, 4) is 0 Å². The number of nitrogens with one attached hydrogen (secondary N) is 1. The molecular weight excluding hydrogens is 274 g/mol. The average molecular weight is 296 g/mol. The van der Waals surface area contributed by atoms with Gasteiger partial charge in [0.2, 0.25) is 0 Å².